The van der Waals surface area contributed by atoms with Crippen LogP contribution in [0.5, 0.6) is 17.4 Å². The van der Waals surface area contributed by atoms with E-state index in [1.807, 2.05) is 13.8 Å². The molecule has 1 amide bonds. The summed E-state index contributed by atoms with van der Waals surface area (Å²) in [5, 5.41) is 11.8. The highest BCUT2D eigenvalue weighted by molar-refractivity contribution is 5.94. The van der Waals surface area contributed by atoms with Gasteiger partial charge in [0.2, 0.25) is 11.8 Å². The first-order valence-electron chi connectivity index (χ1n) is 7.80. The highest BCUT2D eigenvalue weighted by atomic mass is 16.5. The molecule has 0 unspecified atom stereocenters. The van der Waals surface area contributed by atoms with E-state index in [9.17, 15) is 4.79 Å². The third-order valence-corrected chi connectivity index (χ3v) is 3.08. The number of nitrogens with one attached hydrogen (secondary N) is 1. The third kappa shape index (κ3) is 5.19. The number of amides is 1. The first-order valence-corrected chi connectivity index (χ1v) is 7.80. The number of ether oxygens (including phenoxy) is 2. The molecule has 25 heavy (non-hydrogen) atoms. The van der Waals surface area contributed by atoms with Crippen LogP contribution in [0, 0.1) is 11.3 Å². The predicted octanol–water partition coefficient (Wildman–Crippen LogP) is 2.82. The maximum Gasteiger partial charge on any atom is 0.241 e. The van der Waals surface area contributed by atoms with E-state index in [4.69, 9.17) is 20.5 Å². The SMILES string of the molecule is CC(C)Oc1cc(Oc2ccc(NC(=O)[C@@H](C)N)cn2)ccc1C#N. The van der Waals surface area contributed by atoms with Crippen molar-refractivity contribution in [3.05, 3.63) is 42.1 Å². The molecule has 1 aromatic carbocycles. The molecule has 7 nitrogen and oxygen atoms in total. The van der Waals surface area contributed by atoms with Crippen LogP contribution < -0.4 is 20.5 Å². The van der Waals surface area contributed by atoms with Crippen molar-refractivity contribution in [1.82, 2.24) is 4.98 Å². The molecule has 0 aliphatic rings. The number of carbonyl (C=O) groups is 1. The number of benzene rings is 1. The molecule has 7 heteroatoms. The van der Waals surface area contributed by atoms with Gasteiger partial charge in [0.1, 0.15) is 17.6 Å². The van der Waals surface area contributed by atoms with Crippen LogP contribution >= 0.6 is 0 Å². The minimum absolute atomic E-state index is 0.0618. The Kier molecular flexibility index (Phi) is 5.93. The highest BCUT2D eigenvalue weighted by Gasteiger charge is 2.10. The van der Waals surface area contributed by atoms with Crippen LogP contribution in [0.3, 0.4) is 0 Å². The van der Waals surface area contributed by atoms with E-state index in [1.165, 1.54) is 6.20 Å². The molecule has 1 heterocycles. The molecule has 0 bridgehead atoms. The molecule has 1 aromatic heterocycles. The summed E-state index contributed by atoms with van der Waals surface area (Å²) < 4.78 is 11.3. The van der Waals surface area contributed by atoms with E-state index in [0.717, 1.165) is 0 Å². The number of carbonyl (C=O) groups excluding carboxylic acids is 1. The number of hydrogen-bond acceptors (Lipinski definition) is 6. The number of nitriles is 1. The minimum Gasteiger partial charge on any atom is -0.489 e. The maximum absolute atomic E-state index is 11.5. The van der Waals surface area contributed by atoms with Crippen LogP contribution in [-0.4, -0.2) is 23.0 Å². The van der Waals surface area contributed by atoms with Crippen molar-refractivity contribution in [3.8, 4) is 23.4 Å². The van der Waals surface area contributed by atoms with Crippen molar-refractivity contribution >= 4 is 11.6 Å². The smallest absolute Gasteiger partial charge is 0.241 e. The quantitative estimate of drug-likeness (QED) is 0.836. The van der Waals surface area contributed by atoms with Crippen LogP contribution in [0.2, 0.25) is 0 Å². The van der Waals surface area contributed by atoms with E-state index < -0.39 is 6.04 Å². The second-order valence-electron chi connectivity index (χ2n) is 5.70. The van der Waals surface area contributed by atoms with Gasteiger partial charge in [-0.2, -0.15) is 5.26 Å². The molecule has 0 aliphatic carbocycles. The summed E-state index contributed by atoms with van der Waals surface area (Å²) in [5.74, 6) is 1.00. The van der Waals surface area contributed by atoms with Crippen LogP contribution in [0.15, 0.2) is 36.5 Å². The van der Waals surface area contributed by atoms with Crippen LogP contribution in [-0.2, 0) is 4.79 Å². The average Bonchev–Trinajstić information content (AvgIpc) is 2.56. The molecule has 3 N–H and O–H groups in total. The van der Waals surface area contributed by atoms with Crippen molar-refractivity contribution in [3.63, 3.8) is 0 Å². The van der Waals surface area contributed by atoms with E-state index in [1.54, 1.807) is 37.3 Å². The number of aromatic nitrogens is 1. The topological polar surface area (TPSA) is 110 Å². The molecule has 0 spiro atoms. The number of nitrogens with zero attached hydrogens (tertiary/aromatic N) is 2. The lowest BCUT2D eigenvalue weighted by atomic mass is 10.2. The summed E-state index contributed by atoms with van der Waals surface area (Å²) in [6.07, 6.45) is 1.42. The summed E-state index contributed by atoms with van der Waals surface area (Å²) in [4.78, 5) is 15.7. The molecule has 1 atom stereocenters. The lowest BCUT2D eigenvalue weighted by molar-refractivity contribution is -0.117. The molecule has 0 fully saturated rings. The Morgan fingerprint density at radius 1 is 1.28 bits per heavy atom. The summed E-state index contributed by atoms with van der Waals surface area (Å²) in [6, 6.07) is 9.70. The molecular weight excluding hydrogens is 320 g/mol. The summed E-state index contributed by atoms with van der Waals surface area (Å²) in [7, 11) is 0. The Morgan fingerprint density at radius 3 is 2.60 bits per heavy atom. The van der Waals surface area contributed by atoms with Gasteiger partial charge in [-0.15, -0.1) is 0 Å². The first-order chi connectivity index (χ1) is 11.9. The zero-order valence-electron chi connectivity index (χ0n) is 14.3. The van der Waals surface area contributed by atoms with Gasteiger partial charge in [-0.1, -0.05) is 0 Å². The predicted molar refractivity (Wildman–Crippen MR) is 93.5 cm³/mol. The van der Waals surface area contributed by atoms with Crippen molar-refractivity contribution in [2.45, 2.75) is 32.9 Å². The van der Waals surface area contributed by atoms with Gasteiger partial charge in [-0.25, -0.2) is 4.98 Å². The zero-order chi connectivity index (χ0) is 18.4. The largest absolute Gasteiger partial charge is 0.489 e. The van der Waals surface area contributed by atoms with Gasteiger partial charge in [-0.3, -0.25) is 4.79 Å². The van der Waals surface area contributed by atoms with Gasteiger partial charge in [0, 0.05) is 12.1 Å². The lowest BCUT2D eigenvalue weighted by Gasteiger charge is -2.13. The Labute approximate surface area is 146 Å². The molecule has 2 rings (SSSR count). The van der Waals surface area contributed by atoms with Crippen LogP contribution in [0.4, 0.5) is 5.69 Å². The molecular formula is C18H20N4O3. The molecule has 130 valence electrons. The summed E-state index contributed by atoms with van der Waals surface area (Å²) >= 11 is 0. The molecule has 0 radical (unpaired) electrons. The normalized spacial score (nSPS) is 11.5. The van der Waals surface area contributed by atoms with E-state index in [2.05, 4.69) is 16.4 Å². The third-order valence-electron chi connectivity index (χ3n) is 3.08. The Hall–Kier alpha value is -3.11. The standard InChI is InChI=1S/C18H20N4O3/c1-11(2)24-16-8-15(6-4-13(16)9-19)25-17-7-5-14(10-21-17)22-18(23)12(3)20/h4-8,10-12H,20H2,1-3H3,(H,22,23)/t12-/m1/s1. The number of rotatable bonds is 6. The molecule has 0 saturated heterocycles. The minimum atomic E-state index is -0.603. The van der Waals surface area contributed by atoms with Gasteiger partial charge in [0.05, 0.1) is 29.6 Å². The maximum atomic E-state index is 11.5. The second kappa shape index (κ2) is 8.13. The second-order valence-corrected chi connectivity index (χ2v) is 5.70. The Morgan fingerprint density at radius 2 is 2.04 bits per heavy atom. The fourth-order valence-electron chi connectivity index (χ4n) is 1.90. The van der Waals surface area contributed by atoms with Crippen LogP contribution in [0.25, 0.3) is 0 Å². The van der Waals surface area contributed by atoms with Crippen molar-refractivity contribution in [1.29, 1.82) is 5.26 Å². The summed E-state index contributed by atoms with van der Waals surface area (Å²) in [6.45, 7) is 5.36. The van der Waals surface area contributed by atoms with Gasteiger partial charge < -0.3 is 20.5 Å². The molecule has 0 aliphatic heterocycles. The monoisotopic (exact) mass is 340 g/mol. The van der Waals surface area contributed by atoms with Crippen molar-refractivity contribution < 1.29 is 14.3 Å². The highest BCUT2D eigenvalue weighted by Crippen LogP contribution is 2.28. The van der Waals surface area contributed by atoms with E-state index in [0.29, 0.717) is 28.6 Å². The van der Waals surface area contributed by atoms with E-state index in [-0.39, 0.29) is 12.0 Å². The number of anilines is 1. The average molecular weight is 340 g/mol. The summed E-state index contributed by atoms with van der Waals surface area (Å²) in [5.41, 5.74) is 6.46. The van der Waals surface area contributed by atoms with Gasteiger partial charge in [-0.05, 0) is 39.0 Å². The van der Waals surface area contributed by atoms with Crippen LogP contribution in [0.1, 0.15) is 26.3 Å². The van der Waals surface area contributed by atoms with Gasteiger partial charge in [0.15, 0.2) is 0 Å². The fourth-order valence-corrected chi connectivity index (χ4v) is 1.90. The zero-order valence-corrected chi connectivity index (χ0v) is 14.3. The molecule has 2 aromatic rings. The Balaban J connectivity index is 2.11. The van der Waals surface area contributed by atoms with Crippen molar-refractivity contribution in [2.24, 2.45) is 5.73 Å². The molecule has 0 saturated carbocycles. The number of pyridine rings is 1. The lowest BCUT2D eigenvalue weighted by Crippen LogP contribution is -2.32. The van der Waals surface area contributed by atoms with E-state index >= 15 is 0 Å². The first kappa shape index (κ1) is 18.2. The fraction of sp³-hybridized carbons (Fsp3) is 0.278. The Bertz CT molecular complexity index is 780. The van der Waals surface area contributed by atoms with Gasteiger partial charge >= 0.3 is 0 Å². The number of nitrogens with two attached hydrogens (primary N) is 1. The van der Waals surface area contributed by atoms with Crippen molar-refractivity contribution in [2.75, 3.05) is 5.32 Å². The number of hydrogen-bond donors (Lipinski definition) is 2. The van der Waals surface area contributed by atoms with Gasteiger partial charge in [0.25, 0.3) is 0 Å².